The number of methoxy groups -OCH3 is 1. The Balaban J connectivity index is 1.97. The Morgan fingerprint density at radius 3 is 2.77 bits per heavy atom. The number of aliphatic hydroxyl groups excluding tert-OH is 1. The summed E-state index contributed by atoms with van der Waals surface area (Å²) in [5.74, 6) is 0.715. The Bertz CT molecular complexity index is 584. The van der Waals surface area contributed by atoms with E-state index < -0.39 is 6.10 Å². The van der Waals surface area contributed by atoms with Crippen LogP contribution in [0.15, 0.2) is 36.7 Å². The van der Waals surface area contributed by atoms with Gasteiger partial charge in [-0.05, 0) is 39.0 Å². The smallest absolute Gasteiger partial charge is 0.124 e. The number of aryl methyl sites for hydroxylation is 1. The molecule has 0 unspecified atom stereocenters. The Kier molecular flexibility index (Phi) is 5.57. The molecule has 1 aromatic heterocycles. The number of aliphatic hydroxyl groups is 1. The molecule has 0 aliphatic heterocycles. The first-order chi connectivity index (χ1) is 10.5. The summed E-state index contributed by atoms with van der Waals surface area (Å²) in [7, 11) is 1.62. The molecule has 0 aliphatic rings. The van der Waals surface area contributed by atoms with E-state index in [9.17, 15) is 5.11 Å². The number of benzene rings is 1. The molecule has 2 aromatic rings. The molecule has 22 heavy (non-hydrogen) atoms. The fourth-order valence-corrected chi connectivity index (χ4v) is 2.44. The molecule has 0 bridgehead atoms. The van der Waals surface area contributed by atoms with Gasteiger partial charge in [0.2, 0.25) is 0 Å². The first-order valence-corrected chi connectivity index (χ1v) is 7.58. The Morgan fingerprint density at radius 2 is 2.14 bits per heavy atom. The van der Waals surface area contributed by atoms with Gasteiger partial charge in [0.15, 0.2) is 0 Å². The molecule has 0 amide bonds. The molecule has 0 fully saturated rings. The van der Waals surface area contributed by atoms with Gasteiger partial charge in [-0.25, -0.2) is 0 Å². The summed E-state index contributed by atoms with van der Waals surface area (Å²) in [5.41, 5.74) is 1.92. The standard InChI is InChI=1S/C17H25N3O2/c1-12-6-7-17(22-4)15(10-12)16(21)11-18-13(2)14(3)20-9-5-8-19-20/h5-10,13-14,16,18,21H,11H2,1-4H3/t13-,14-,16-/m1/s1. The van der Waals surface area contributed by atoms with Crippen molar-refractivity contribution in [3.63, 3.8) is 0 Å². The SMILES string of the molecule is COc1ccc(C)cc1[C@H](O)CN[C@H](C)[C@@H](C)n1cccn1. The number of aromatic nitrogens is 2. The van der Waals surface area contributed by atoms with Gasteiger partial charge in [-0.2, -0.15) is 5.10 Å². The first-order valence-electron chi connectivity index (χ1n) is 7.58. The second kappa shape index (κ2) is 7.42. The Labute approximate surface area is 131 Å². The molecule has 0 radical (unpaired) electrons. The topological polar surface area (TPSA) is 59.3 Å². The van der Waals surface area contributed by atoms with Crippen molar-refractivity contribution < 1.29 is 9.84 Å². The van der Waals surface area contributed by atoms with E-state index in [4.69, 9.17) is 4.74 Å². The molecule has 120 valence electrons. The van der Waals surface area contributed by atoms with E-state index in [2.05, 4.69) is 24.3 Å². The molecule has 0 aliphatic carbocycles. The van der Waals surface area contributed by atoms with E-state index in [1.807, 2.05) is 42.1 Å². The van der Waals surface area contributed by atoms with E-state index in [-0.39, 0.29) is 12.1 Å². The lowest BCUT2D eigenvalue weighted by molar-refractivity contribution is 0.162. The normalized spacial score (nSPS) is 15.3. The number of nitrogens with one attached hydrogen (secondary N) is 1. The van der Waals surface area contributed by atoms with Crippen LogP contribution < -0.4 is 10.1 Å². The summed E-state index contributed by atoms with van der Waals surface area (Å²) in [6.07, 6.45) is 3.11. The largest absolute Gasteiger partial charge is 0.496 e. The maximum absolute atomic E-state index is 10.5. The molecule has 2 N–H and O–H groups in total. The molecular weight excluding hydrogens is 278 g/mol. The highest BCUT2D eigenvalue weighted by Crippen LogP contribution is 2.26. The number of ether oxygens (including phenoxy) is 1. The van der Waals surface area contributed by atoms with Crippen LogP contribution in [-0.2, 0) is 0 Å². The van der Waals surface area contributed by atoms with Crippen LogP contribution in [0.3, 0.4) is 0 Å². The average Bonchev–Trinajstić information content (AvgIpc) is 3.05. The van der Waals surface area contributed by atoms with Crippen LogP contribution in [0.25, 0.3) is 0 Å². The van der Waals surface area contributed by atoms with Crippen LogP contribution in [0.1, 0.15) is 37.1 Å². The van der Waals surface area contributed by atoms with Crippen molar-refractivity contribution in [3.05, 3.63) is 47.8 Å². The Morgan fingerprint density at radius 1 is 1.36 bits per heavy atom. The fraction of sp³-hybridized carbons (Fsp3) is 0.471. The molecule has 0 spiro atoms. The third-order valence-electron chi connectivity index (χ3n) is 4.04. The second-order valence-corrected chi connectivity index (χ2v) is 5.68. The van der Waals surface area contributed by atoms with E-state index in [1.54, 1.807) is 13.3 Å². The number of hydrogen-bond acceptors (Lipinski definition) is 4. The van der Waals surface area contributed by atoms with Crippen LogP contribution in [0, 0.1) is 6.92 Å². The fourth-order valence-electron chi connectivity index (χ4n) is 2.44. The van der Waals surface area contributed by atoms with Crippen LogP contribution in [0.2, 0.25) is 0 Å². The van der Waals surface area contributed by atoms with Crippen LogP contribution >= 0.6 is 0 Å². The summed E-state index contributed by atoms with van der Waals surface area (Å²) in [4.78, 5) is 0. The number of hydrogen-bond donors (Lipinski definition) is 2. The second-order valence-electron chi connectivity index (χ2n) is 5.68. The van der Waals surface area contributed by atoms with Crippen molar-refractivity contribution in [1.29, 1.82) is 0 Å². The molecule has 5 nitrogen and oxygen atoms in total. The highest BCUT2D eigenvalue weighted by atomic mass is 16.5. The van der Waals surface area contributed by atoms with Gasteiger partial charge in [0, 0.05) is 30.5 Å². The molecule has 2 rings (SSSR count). The lowest BCUT2D eigenvalue weighted by Gasteiger charge is -2.24. The van der Waals surface area contributed by atoms with E-state index in [1.165, 1.54) is 0 Å². The van der Waals surface area contributed by atoms with Gasteiger partial charge < -0.3 is 15.2 Å². The summed E-state index contributed by atoms with van der Waals surface area (Å²) < 4.78 is 7.25. The van der Waals surface area contributed by atoms with Crippen molar-refractivity contribution in [2.24, 2.45) is 0 Å². The van der Waals surface area contributed by atoms with E-state index in [0.717, 1.165) is 11.1 Å². The third-order valence-corrected chi connectivity index (χ3v) is 4.04. The summed E-state index contributed by atoms with van der Waals surface area (Å²) in [5, 5.41) is 18.1. The zero-order chi connectivity index (χ0) is 16.1. The minimum absolute atomic E-state index is 0.186. The van der Waals surface area contributed by atoms with E-state index in [0.29, 0.717) is 12.3 Å². The number of nitrogens with zero attached hydrogens (tertiary/aromatic N) is 2. The third kappa shape index (κ3) is 3.87. The maximum atomic E-state index is 10.5. The molecule has 0 saturated carbocycles. The van der Waals surface area contributed by atoms with Crippen molar-refractivity contribution in [3.8, 4) is 5.75 Å². The van der Waals surface area contributed by atoms with Crippen molar-refractivity contribution in [2.75, 3.05) is 13.7 Å². The quantitative estimate of drug-likeness (QED) is 0.825. The predicted molar refractivity (Wildman–Crippen MR) is 87.1 cm³/mol. The van der Waals surface area contributed by atoms with E-state index >= 15 is 0 Å². The molecule has 1 heterocycles. The lowest BCUT2D eigenvalue weighted by atomic mass is 10.0. The van der Waals surface area contributed by atoms with Gasteiger partial charge in [0.25, 0.3) is 0 Å². The summed E-state index contributed by atoms with van der Waals surface area (Å²) >= 11 is 0. The first kappa shape index (κ1) is 16.5. The van der Waals surface area contributed by atoms with Crippen LogP contribution in [-0.4, -0.2) is 34.6 Å². The minimum Gasteiger partial charge on any atom is -0.496 e. The van der Waals surface area contributed by atoms with Gasteiger partial charge in [-0.1, -0.05) is 11.6 Å². The average molecular weight is 303 g/mol. The van der Waals surface area contributed by atoms with Gasteiger partial charge >= 0.3 is 0 Å². The molecule has 1 aromatic carbocycles. The summed E-state index contributed by atoms with van der Waals surface area (Å²) in [6.45, 7) is 6.66. The van der Waals surface area contributed by atoms with Gasteiger partial charge in [0.1, 0.15) is 5.75 Å². The van der Waals surface area contributed by atoms with Crippen molar-refractivity contribution >= 4 is 0 Å². The predicted octanol–water partition coefficient (Wildman–Crippen LogP) is 2.47. The monoisotopic (exact) mass is 303 g/mol. The lowest BCUT2D eigenvalue weighted by Crippen LogP contribution is -2.36. The molecule has 5 heteroatoms. The van der Waals surface area contributed by atoms with Gasteiger partial charge in [-0.3, -0.25) is 4.68 Å². The molecule has 0 saturated heterocycles. The zero-order valence-electron chi connectivity index (χ0n) is 13.7. The van der Waals surface area contributed by atoms with Gasteiger partial charge in [0.05, 0.1) is 19.3 Å². The van der Waals surface area contributed by atoms with Gasteiger partial charge in [-0.15, -0.1) is 0 Å². The van der Waals surface area contributed by atoms with Crippen LogP contribution in [0.5, 0.6) is 5.75 Å². The Hall–Kier alpha value is -1.85. The highest BCUT2D eigenvalue weighted by molar-refractivity contribution is 5.38. The minimum atomic E-state index is -0.609. The highest BCUT2D eigenvalue weighted by Gasteiger charge is 2.18. The maximum Gasteiger partial charge on any atom is 0.124 e. The van der Waals surface area contributed by atoms with Crippen LogP contribution in [0.4, 0.5) is 0 Å². The molecular formula is C17H25N3O2. The molecule has 3 atom stereocenters. The zero-order valence-corrected chi connectivity index (χ0v) is 13.7. The van der Waals surface area contributed by atoms with Crippen molar-refractivity contribution in [1.82, 2.24) is 15.1 Å². The summed E-state index contributed by atoms with van der Waals surface area (Å²) in [6, 6.07) is 8.14. The number of rotatable bonds is 7. The van der Waals surface area contributed by atoms with Crippen molar-refractivity contribution in [2.45, 2.75) is 39.0 Å².